The van der Waals surface area contributed by atoms with Gasteiger partial charge in [-0.05, 0) is 53.6 Å². The Hall–Kier alpha value is -6.17. The molecule has 0 aliphatic carbocycles. The van der Waals surface area contributed by atoms with Crippen LogP contribution in [0.3, 0.4) is 0 Å². The van der Waals surface area contributed by atoms with Crippen LogP contribution >= 0.6 is 0 Å². The molecule has 0 fully saturated rings. The zero-order chi connectivity index (χ0) is 34.3. The quantitative estimate of drug-likeness (QED) is 0.136. The number of carbonyl (C=O) groups excluding carboxylic acids is 2. The van der Waals surface area contributed by atoms with Gasteiger partial charge >= 0.3 is 5.97 Å². The van der Waals surface area contributed by atoms with Gasteiger partial charge in [-0.2, -0.15) is 0 Å². The molecule has 2 amide bonds. The van der Waals surface area contributed by atoms with E-state index < -0.39 is 17.8 Å². The van der Waals surface area contributed by atoms with E-state index in [9.17, 15) is 19.5 Å². The number of amides is 2. The smallest absolute Gasteiger partial charge is 0.335 e. The fraction of sp³-hybridized carbons (Fsp3) is 0.171. The van der Waals surface area contributed by atoms with Crippen LogP contribution in [0.25, 0.3) is 12.2 Å². The number of rotatable bonds is 15. The van der Waals surface area contributed by atoms with Gasteiger partial charge in [-0.3, -0.25) is 9.59 Å². The van der Waals surface area contributed by atoms with E-state index in [0.29, 0.717) is 34.5 Å². The molecule has 0 saturated heterocycles. The minimum atomic E-state index is -1.20. The van der Waals surface area contributed by atoms with E-state index in [0.717, 1.165) is 11.1 Å². The highest BCUT2D eigenvalue weighted by atomic mass is 16.5. The molecule has 0 aliphatic rings. The zero-order valence-corrected chi connectivity index (χ0v) is 26.8. The topological polar surface area (TPSA) is 151 Å². The van der Waals surface area contributed by atoms with E-state index in [1.807, 2.05) is 0 Å². The molecule has 0 unspecified atom stereocenters. The van der Waals surface area contributed by atoms with Crippen LogP contribution in [-0.4, -0.2) is 65.5 Å². The molecule has 12 nitrogen and oxygen atoms in total. The van der Waals surface area contributed by atoms with Gasteiger partial charge in [0.05, 0.1) is 59.6 Å². The summed E-state index contributed by atoms with van der Waals surface area (Å²) in [4.78, 5) is 37.0. The molecule has 246 valence electrons. The van der Waals surface area contributed by atoms with Crippen molar-refractivity contribution >= 4 is 41.3 Å². The molecule has 12 heteroatoms. The van der Waals surface area contributed by atoms with E-state index in [-0.39, 0.29) is 16.9 Å². The van der Waals surface area contributed by atoms with Gasteiger partial charge in [-0.15, -0.1) is 0 Å². The lowest BCUT2D eigenvalue weighted by atomic mass is 10.1. The van der Waals surface area contributed by atoms with Crippen molar-refractivity contribution in [1.82, 2.24) is 0 Å². The van der Waals surface area contributed by atoms with Crippen molar-refractivity contribution in [3.63, 3.8) is 0 Å². The Balaban J connectivity index is 1.71. The first-order chi connectivity index (χ1) is 22.7. The number of aromatic carboxylic acids is 1. The van der Waals surface area contributed by atoms with E-state index in [1.54, 1.807) is 48.6 Å². The van der Waals surface area contributed by atoms with Gasteiger partial charge in [-0.25, -0.2) is 4.79 Å². The summed E-state index contributed by atoms with van der Waals surface area (Å²) >= 11 is 0. The van der Waals surface area contributed by atoms with E-state index in [2.05, 4.69) is 10.6 Å². The maximum Gasteiger partial charge on any atom is 0.335 e. The zero-order valence-electron chi connectivity index (χ0n) is 26.8. The third-order valence-electron chi connectivity index (χ3n) is 6.45. The Morgan fingerprint density at radius 2 is 0.957 bits per heavy atom. The van der Waals surface area contributed by atoms with E-state index in [1.165, 1.54) is 85.2 Å². The summed E-state index contributed by atoms with van der Waals surface area (Å²) in [5, 5.41) is 14.7. The summed E-state index contributed by atoms with van der Waals surface area (Å²) in [6, 6.07) is 11.0. The molecule has 3 N–H and O–H groups in total. The molecular formula is C35H36N2O10. The predicted octanol–water partition coefficient (Wildman–Crippen LogP) is 5.85. The normalized spacial score (nSPS) is 11.2. The molecule has 3 rings (SSSR count). The van der Waals surface area contributed by atoms with Crippen LogP contribution in [0.2, 0.25) is 0 Å². The molecule has 0 saturated carbocycles. The van der Waals surface area contributed by atoms with Crippen molar-refractivity contribution in [3.8, 4) is 34.5 Å². The second-order valence-corrected chi connectivity index (χ2v) is 9.40. The van der Waals surface area contributed by atoms with Gasteiger partial charge in [0.1, 0.15) is 0 Å². The highest BCUT2D eigenvalue weighted by molar-refractivity contribution is 6.07. The number of benzene rings is 3. The fourth-order valence-electron chi connectivity index (χ4n) is 4.25. The first kappa shape index (κ1) is 35.3. The summed E-state index contributed by atoms with van der Waals surface area (Å²) in [6.45, 7) is 0. The maximum absolute atomic E-state index is 12.7. The highest BCUT2D eigenvalue weighted by Crippen LogP contribution is 2.39. The number of hydrogen-bond acceptors (Lipinski definition) is 9. The monoisotopic (exact) mass is 644 g/mol. The number of methoxy groups -OCH3 is 6. The molecule has 0 heterocycles. The number of nitrogens with one attached hydrogen (secondary N) is 2. The number of carbonyl (C=O) groups is 3. The SMILES string of the molecule is COc1cc(/C=C/C=C/C(=O)Nc2ccc(C(=O)O)cc2NC(=O)/C=C/C=C/c2cc(OC)c(OC)c(OC)c2)cc(OC)c1OC. The summed E-state index contributed by atoms with van der Waals surface area (Å²) in [5.74, 6) is 0.574. The lowest BCUT2D eigenvalue weighted by molar-refractivity contribution is -0.112. The van der Waals surface area contributed by atoms with Gasteiger partial charge in [-0.1, -0.05) is 36.5 Å². The Kier molecular flexibility index (Phi) is 13.0. The number of carboxylic acids is 1. The summed E-state index contributed by atoms with van der Waals surface area (Å²) in [6.07, 6.45) is 12.3. The van der Waals surface area contributed by atoms with Crippen molar-refractivity contribution in [2.45, 2.75) is 0 Å². The number of hydrogen-bond donors (Lipinski definition) is 3. The molecule has 0 spiro atoms. The van der Waals surface area contributed by atoms with Gasteiger partial charge in [0, 0.05) is 12.2 Å². The average molecular weight is 645 g/mol. The molecule has 0 bridgehead atoms. The summed E-state index contributed by atoms with van der Waals surface area (Å²) < 4.78 is 32.1. The largest absolute Gasteiger partial charge is 0.493 e. The second-order valence-electron chi connectivity index (χ2n) is 9.40. The Bertz CT molecular complexity index is 1670. The van der Waals surface area contributed by atoms with E-state index in [4.69, 9.17) is 28.4 Å². The van der Waals surface area contributed by atoms with Crippen LogP contribution in [0.5, 0.6) is 34.5 Å². The molecule has 3 aromatic rings. The molecule has 3 aromatic carbocycles. The number of carboxylic acid groups (broad SMARTS) is 1. The molecular weight excluding hydrogens is 608 g/mol. The van der Waals surface area contributed by atoms with Gasteiger partial charge < -0.3 is 44.2 Å². The number of allylic oxidation sites excluding steroid dienone is 4. The minimum absolute atomic E-state index is 0.0756. The van der Waals surface area contributed by atoms with Crippen molar-refractivity contribution in [1.29, 1.82) is 0 Å². The Labute approximate surface area is 272 Å². The first-order valence-corrected chi connectivity index (χ1v) is 14.0. The second kappa shape index (κ2) is 17.4. The molecule has 0 atom stereocenters. The standard InChI is InChI=1S/C35H36N2O10/c1-42-27-17-22(18-28(43-2)33(27)46-5)11-7-9-13-31(38)36-25-16-15-24(35(40)41)21-26(25)37-32(39)14-10-8-12-23-19-29(44-3)34(47-6)30(20-23)45-4/h7-21H,1-6H3,(H,36,38)(H,37,39)(H,40,41)/b11-7+,12-8+,13-9+,14-10+. The third-order valence-corrected chi connectivity index (χ3v) is 6.45. The molecule has 0 radical (unpaired) electrons. The average Bonchev–Trinajstić information content (AvgIpc) is 3.08. The van der Waals surface area contributed by atoms with Crippen LogP contribution in [0.15, 0.2) is 78.9 Å². The molecule has 0 aliphatic heterocycles. The van der Waals surface area contributed by atoms with Crippen molar-refractivity contribution < 1.29 is 47.9 Å². The Morgan fingerprint density at radius 1 is 0.553 bits per heavy atom. The van der Waals surface area contributed by atoms with Crippen LogP contribution in [0.4, 0.5) is 11.4 Å². The van der Waals surface area contributed by atoms with Crippen molar-refractivity contribution in [2.75, 3.05) is 53.3 Å². The van der Waals surface area contributed by atoms with Gasteiger partial charge in [0.25, 0.3) is 0 Å². The van der Waals surface area contributed by atoms with Crippen LogP contribution in [0.1, 0.15) is 21.5 Å². The number of ether oxygens (including phenoxy) is 6. The Morgan fingerprint density at radius 3 is 1.32 bits per heavy atom. The lowest BCUT2D eigenvalue weighted by Gasteiger charge is -2.12. The van der Waals surface area contributed by atoms with Gasteiger partial charge in [0.15, 0.2) is 23.0 Å². The fourth-order valence-corrected chi connectivity index (χ4v) is 4.25. The summed E-state index contributed by atoms with van der Waals surface area (Å²) in [7, 11) is 9.08. The van der Waals surface area contributed by atoms with Crippen LogP contribution in [0, 0.1) is 0 Å². The van der Waals surface area contributed by atoms with Crippen LogP contribution in [-0.2, 0) is 9.59 Å². The highest BCUT2D eigenvalue weighted by Gasteiger charge is 2.14. The summed E-state index contributed by atoms with van der Waals surface area (Å²) in [5.41, 5.74) is 1.70. The van der Waals surface area contributed by atoms with Crippen molar-refractivity contribution in [2.24, 2.45) is 0 Å². The maximum atomic E-state index is 12.7. The predicted molar refractivity (Wildman–Crippen MR) is 179 cm³/mol. The van der Waals surface area contributed by atoms with Crippen molar-refractivity contribution in [3.05, 3.63) is 95.6 Å². The number of anilines is 2. The first-order valence-electron chi connectivity index (χ1n) is 14.0. The minimum Gasteiger partial charge on any atom is -0.493 e. The molecule has 47 heavy (non-hydrogen) atoms. The van der Waals surface area contributed by atoms with Gasteiger partial charge in [0.2, 0.25) is 23.3 Å². The van der Waals surface area contributed by atoms with Crippen LogP contribution < -0.4 is 39.1 Å². The molecule has 0 aromatic heterocycles. The lowest BCUT2D eigenvalue weighted by Crippen LogP contribution is -2.14. The third kappa shape index (κ3) is 9.66. The van der Waals surface area contributed by atoms with E-state index >= 15 is 0 Å².